The van der Waals surface area contributed by atoms with Gasteiger partial charge in [0.1, 0.15) is 0 Å². The van der Waals surface area contributed by atoms with Crippen LogP contribution in [0.4, 0.5) is 26.3 Å². The smallest absolute Gasteiger partial charge is 0.379 e. The van der Waals surface area contributed by atoms with Crippen LogP contribution in [0.3, 0.4) is 0 Å². The summed E-state index contributed by atoms with van der Waals surface area (Å²) in [7, 11) is 1.53. The van der Waals surface area contributed by atoms with Crippen LogP contribution in [0.15, 0.2) is 16.9 Å². The Bertz CT molecular complexity index is 1030. The lowest BCUT2D eigenvalue weighted by atomic mass is 9.80. The molecule has 0 bridgehead atoms. The van der Waals surface area contributed by atoms with Gasteiger partial charge >= 0.3 is 12.4 Å². The van der Waals surface area contributed by atoms with Crippen LogP contribution in [0.5, 0.6) is 0 Å². The number of halogens is 6. The maximum atomic E-state index is 13.7. The van der Waals surface area contributed by atoms with Crippen molar-refractivity contribution in [3.05, 3.63) is 33.7 Å². The molecule has 2 fully saturated rings. The van der Waals surface area contributed by atoms with Crippen molar-refractivity contribution in [3.63, 3.8) is 0 Å². The van der Waals surface area contributed by atoms with Crippen molar-refractivity contribution >= 4 is 5.91 Å². The first-order valence-electron chi connectivity index (χ1n) is 11.8. The highest BCUT2D eigenvalue weighted by atomic mass is 19.4. The highest BCUT2D eigenvalue weighted by Crippen LogP contribution is 2.48. The molecule has 3 aliphatic rings. The van der Waals surface area contributed by atoms with Gasteiger partial charge < -0.3 is 24.3 Å². The van der Waals surface area contributed by atoms with Crippen molar-refractivity contribution in [3.8, 4) is 0 Å². The molecule has 7 nitrogen and oxygen atoms in total. The number of pyridine rings is 1. The van der Waals surface area contributed by atoms with Crippen molar-refractivity contribution in [1.29, 1.82) is 0 Å². The maximum absolute atomic E-state index is 13.7. The fourth-order valence-corrected chi connectivity index (χ4v) is 5.72. The number of methoxy groups -OCH3 is 1. The van der Waals surface area contributed by atoms with E-state index in [9.17, 15) is 35.9 Å². The lowest BCUT2D eigenvalue weighted by Gasteiger charge is -2.38. The summed E-state index contributed by atoms with van der Waals surface area (Å²) < 4.78 is 92.5. The summed E-state index contributed by atoms with van der Waals surface area (Å²) in [5.74, 6) is -0.740. The predicted molar refractivity (Wildman–Crippen MR) is 115 cm³/mol. The number of hydrogen-bond donors (Lipinski definition) is 1. The number of aromatic nitrogens is 1. The normalized spacial score (nSPS) is 29.3. The van der Waals surface area contributed by atoms with E-state index in [-0.39, 0.29) is 56.4 Å². The van der Waals surface area contributed by atoms with Gasteiger partial charge in [-0.25, -0.2) is 0 Å². The molecule has 13 heteroatoms. The summed E-state index contributed by atoms with van der Waals surface area (Å²) in [6.45, 7) is 0.352. The second kappa shape index (κ2) is 9.97. The third kappa shape index (κ3) is 5.72. The molecule has 1 amide bonds. The third-order valence-corrected chi connectivity index (χ3v) is 7.43. The van der Waals surface area contributed by atoms with E-state index in [1.807, 2.05) is 0 Å². The van der Waals surface area contributed by atoms with Crippen molar-refractivity contribution in [2.24, 2.45) is 5.41 Å². The molecule has 1 saturated carbocycles. The second-order valence-corrected chi connectivity index (χ2v) is 9.87. The van der Waals surface area contributed by atoms with Crippen molar-refractivity contribution < 1.29 is 40.6 Å². The van der Waals surface area contributed by atoms with E-state index >= 15 is 0 Å². The monoisotopic (exact) mass is 525 g/mol. The van der Waals surface area contributed by atoms with Gasteiger partial charge in [0.25, 0.3) is 5.56 Å². The zero-order valence-corrected chi connectivity index (χ0v) is 19.8. The summed E-state index contributed by atoms with van der Waals surface area (Å²) in [5.41, 5.74) is -3.78. The fraction of sp³-hybridized carbons (Fsp3) is 0.739. The minimum atomic E-state index is -4.76. The van der Waals surface area contributed by atoms with E-state index in [4.69, 9.17) is 9.47 Å². The van der Waals surface area contributed by atoms with Gasteiger partial charge in [-0.1, -0.05) is 0 Å². The minimum Gasteiger partial charge on any atom is -0.379 e. The molecule has 1 N–H and O–H groups in total. The molecule has 2 aliphatic heterocycles. The van der Waals surface area contributed by atoms with E-state index in [1.54, 1.807) is 0 Å². The Morgan fingerprint density at radius 2 is 1.94 bits per heavy atom. The first kappa shape index (κ1) is 26.9. The third-order valence-electron chi connectivity index (χ3n) is 7.43. The first-order chi connectivity index (χ1) is 16.8. The van der Waals surface area contributed by atoms with E-state index < -0.39 is 41.2 Å². The zero-order valence-electron chi connectivity index (χ0n) is 19.8. The Kier molecular flexibility index (Phi) is 7.46. The van der Waals surface area contributed by atoms with Crippen LogP contribution in [-0.4, -0.2) is 66.6 Å². The van der Waals surface area contributed by atoms with Gasteiger partial charge in [-0.3, -0.25) is 9.59 Å². The fourth-order valence-electron chi connectivity index (χ4n) is 5.72. The van der Waals surface area contributed by atoms with Crippen molar-refractivity contribution in [1.82, 2.24) is 14.8 Å². The maximum Gasteiger partial charge on any atom is 0.416 e. The largest absolute Gasteiger partial charge is 0.416 e. The molecule has 0 aromatic carbocycles. The summed E-state index contributed by atoms with van der Waals surface area (Å²) >= 11 is 0. The van der Waals surface area contributed by atoms with Crippen molar-refractivity contribution in [2.45, 2.75) is 75.7 Å². The van der Waals surface area contributed by atoms with Gasteiger partial charge in [0.15, 0.2) is 0 Å². The van der Waals surface area contributed by atoms with Crippen LogP contribution in [0.1, 0.15) is 43.4 Å². The summed E-state index contributed by atoms with van der Waals surface area (Å²) in [6.07, 6.45) is -10.0. The number of carbonyl (C=O) groups excluding carboxylic acids is 1. The second-order valence-electron chi connectivity index (χ2n) is 9.87. The van der Waals surface area contributed by atoms with Crippen LogP contribution in [0, 0.1) is 5.41 Å². The molecular weight excluding hydrogens is 496 g/mol. The first-order valence-corrected chi connectivity index (χ1v) is 11.8. The standard InChI is InChI=1S/C23H29F6N3O4/c1-35-18-12-36-7-3-17(18)30-15-2-4-21(10-15,13-22(24,25)26)20(34)31-5-6-32-16(11-31)8-14(9-19(32)33)23(27,28)29/h8-9,15,17-18,30H,2-7,10-13H2,1H3/t15-,17?,18?,21+/m1/s1. The summed E-state index contributed by atoms with van der Waals surface area (Å²) in [4.78, 5) is 26.9. The van der Waals surface area contributed by atoms with Gasteiger partial charge in [-0.05, 0) is 31.7 Å². The zero-order chi connectivity index (χ0) is 26.3. The highest BCUT2D eigenvalue weighted by molar-refractivity contribution is 5.83. The Balaban J connectivity index is 1.55. The Labute approximate surface area is 203 Å². The molecule has 1 aliphatic carbocycles. The number of rotatable bonds is 5. The Morgan fingerprint density at radius 3 is 2.61 bits per heavy atom. The quantitative estimate of drug-likeness (QED) is 0.599. The van der Waals surface area contributed by atoms with Crippen LogP contribution in [0.25, 0.3) is 0 Å². The number of nitrogens with one attached hydrogen (secondary N) is 1. The topological polar surface area (TPSA) is 72.8 Å². The Morgan fingerprint density at radius 1 is 1.19 bits per heavy atom. The molecule has 1 saturated heterocycles. The number of ether oxygens (including phenoxy) is 2. The number of nitrogens with zero attached hydrogens (tertiary/aromatic N) is 2. The Hall–Kier alpha value is -2.12. The molecule has 4 rings (SSSR count). The molecule has 0 spiro atoms. The van der Waals surface area contributed by atoms with Gasteiger partial charge in [-0.15, -0.1) is 0 Å². The number of alkyl halides is 6. The number of amides is 1. The molecule has 2 unspecified atom stereocenters. The molecule has 3 heterocycles. The summed E-state index contributed by atoms with van der Waals surface area (Å²) in [6, 6.07) is 0.795. The molecule has 0 radical (unpaired) electrons. The van der Waals surface area contributed by atoms with Gasteiger partial charge in [0.2, 0.25) is 5.91 Å². The minimum absolute atomic E-state index is 0.00419. The van der Waals surface area contributed by atoms with Gasteiger partial charge in [0.05, 0.1) is 36.7 Å². The van der Waals surface area contributed by atoms with E-state index in [0.29, 0.717) is 32.1 Å². The summed E-state index contributed by atoms with van der Waals surface area (Å²) in [5, 5.41) is 3.35. The average molecular weight is 525 g/mol. The lowest BCUT2D eigenvalue weighted by molar-refractivity contribution is -0.175. The van der Waals surface area contributed by atoms with Crippen LogP contribution in [-0.2, 0) is 33.5 Å². The molecule has 4 atom stereocenters. The van der Waals surface area contributed by atoms with Crippen molar-refractivity contribution in [2.75, 3.05) is 26.9 Å². The number of hydrogen-bond acceptors (Lipinski definition) is 5. The SMILES string of the molecule is COC1COCCC1N[C@@H]1CC[C@](CC(F)(F)F)(C(=O)N2CCn3c(cc(C(F)(F)F)cc3=O)C2)C1. The van der Waals surface area contributed by atoms with E-state index in [1.165, 1.54) is 7.11 Å². The van der Waals surface area contributed by atoms with E-state index in [0.717, 1.165) is 15.5 Å². The van der Waals surface area contributed by atoms with Crippen LogP contribution < -0.4 is 10.9 Å². The predicted octanol–water partition coefficient (Wildman–Crippen LogP) is 3.09. The molecule has 1 aromatic heterocycles. The molecule has 36 heavy (non-hydrogen) atoms. The molecule has 202 valence electrons. The van der Waals surface area contributed by atoms with Crippen LogP contribution in [0.2, 0.25) is 0 Å². The highest BCUT2D eigenvalue weighted by Gasteiger charge is 2.53. The van der Waals surface area contributed by atoms with Gasteiger partial charge in [0, 0.05) is 50.7 Å². The number of carbonyl (C=O) groups is 1. The van der Waals surface area contributed by atoms with E-state index in [2.05, 4.69) is 5.32 Å². The lowest BCUT2D eigenvalue weighted by Crippen LogP contribution is -2.52. The average Bonchev–Trinajstić information content (AvgIpc) is 3.19. The van der Waals surface area contributed by atoms with Crippen LogP contribution >= 0.6 is 0 Å². The number of fused-ring (bicyclic) bond motifs is 1. The van der Waals surface area contributed by atoms with Gasteiger partial charge in [-0.2, -0.15) is 26.3 Å². The molecule has 1 aromatic rings. The molecular formula is C23H29F6N3O4.